The van der Waals surface area contributed by atoms with Crippen molar-refractivity contribution in [2.45, 2.75) is 36.8 Å². The van der Waals surface area contributed by atoms with Crippen molar-refractivity contribution >= 4 is 58.9 Å². The van der Waals surface area contributed by atoms with Crippen LogP contribution in [0.4, 0.5) is 10.5 Å². The molecule has 2 aromatic rings. The number of para-hydroxylation sites is 1. The Morgan fingerprint density at radius 2 is 1.98 bits per heavy atom. The Hall–Kier alpha value is -4.18. The van der Waals surface area contributed by atoms with Gasteiger partial charge in [-0.15, -0.1) is 16.9 Å². The first kappa shape index (κ1) is 29.8. The van der Waals surface area contributed by atoms with E-state index < -0.39 is 41.1 Å². The number of aromatic nitrogens is 4. The fourth-order valence-electron chi connectivity index (χ4n) is 4.13. The number of aryl methyl sites for hydroxylation is 1. The molecule has 0 bridgehead atoms. The summed E-state index contributed by atoms with van der Waals surface area (Å²) in [4.78, 5) is 65.0. The summed E-state index contributed by atoms with van der Waals surface area (Å²) in [7, 11) is 3.02. The number of hydrogen-bond acceptors (Lipinski definition) is 10. The van der Waals surface area contributed by atoms with Crippen molar-refractivity contribution in [2.75, 3.05) is 23.9 Å². The molecule has 1 saturated heterocycles. The second-order valence-electron chi connectivity index (χ2n) is 9.47. The zero-order valence-electron chi connectivity index (χ0n) is 22.7. The third-order valence-electron chi connectivity index (χ3n) is 6.18. The molecular weight excluding hydrogens is 572 g/mol. The molecule has 41 heavy (non-hydrogen) atoms. The maximum atomic E-state index is 13.0. The lowest BCUT2D eigenvalue weighted by Crippen LogP contribution is -2.70. The number of urea groups is 1. The number of carbonyl (C=O) groups is 5. The van der Waals surface area contributed by atoms with Crippen LogP contribution in [0.3, 0.4) is 0 Å². The number of rotatable bonds is 9. The van der Waals surface area contributed by atoms with Gasteiger partial charge >= 0.3 is 12.0 Å². The van der Waals surface area contributed by atoms with Gasteiger partial charge in [-0.2, -0.15) is 0 Å². The molecule has 2 atom stereocenters. The van der Waals surface area contributed by atoms with E-state index in [2.05, 4.69) is 26.2 Å². The number of carboxylic acids is 1. The van der Waals surface area contributed by atoms with Crippen molar-refractivity contribution in [3.63, 3.8) is 0 Å². The van der Waals surface area contributed by atoms with E-state index in [0.717, 1.165) is 10.5 Å². The van der Waals surface area contributed by atoms with E-state index in [-0.39, 0.29) is 17.9 Å². The number of amides is 5. The molecule has 216 valence electrons. The van der Waals surface area contributed by atoms with Crippen LogP contribution in [0, 0.1) is 0 Å². The van der Waals surface area contributed by atoms with Crippen molar-refractivity contribution in [1.29, 1.82) is 0 Å². The lowest BCUT2D eigenvalue weighted by Gasteiger charge is -2.49. The molecule has 1 unspecified atom stereocenters. The monoisotopic (exact) mass is 600 g/mol. The SMILES string of the molecule is CC(C)=CC(=O)N(C)C(=O)Nc1ccccc1CC(=O)NC1C(=O)N2C(C(=O)O)=C(CSc3nnnn3C)CS[C@H]12. The minimum atomic E-state index is -1.22. The lowest BCUT2D eigenvalue weighted by atomic mass is 10.0. The van der Waals surface area contributed by atoms with Gasteiger partial charge in [0, 0.05) is 37.4 Å². The van der Waals surface area contributed by atoms with Gasteiger partial charge in [-0.1, -0.05) is 35.5 Å². The number of hydrogen-bond donors (Lipinski definition) is 3. The highest BCUT2D eigenvalue weighted by atomic mass is 32.2. The Morgan fingerprint density at radius 1 is 1.24 bits per heavy atom. The number of nitrogens with one attached hydrogen (secondary N) is 2. The van der Waals surface area contributed by atoms with E-state index in [1.807, 2.05) is 0 Å². The van der Waals surface area contributed by atoms with E-state index in [9.17, 15) is 29.1 Å². The number of anilines is 1. The summed E-state index contributed by atoms with van der Waals surface area (Å²) in [6.07, 6.45) is 1.18. The Kier molecular flexibility index (Phi) is 9.12. The fraction of sp³-hybridized carbons (Fsp3) is 0.360. The molecule has 1 fully saturated rings. The molecule has 16 heteroatoms. The first-order valence-corrected chi connectivity index (χ1v) is 14.4. The Morgan fingerprint density at radius 3 is 2.63 bits per heavy atom. The highest BCUT2D eigenvalue weighted by Gasteiger charge is 2.54. The number of benzene rings is 1. The minimum Gasteiger partial charge on any atom is -0.477 e. The number of β-lactam (4-membered cyclic amide) rings is 1. The summed E-state index contributed by atoms with van der Waals surface area (Å²) >= 11 is 2.63. The number of nitrogens with zero attached hydrogens (tertiary/aromatic N) is 6. The molecule has 2 aliphatic heterocycles. The Balaban J connectivity index is 1.40. The first-order valence-electron chi connectivity index (χ1n) is 12.3. The fourth-order valence-corrected chi connectivity index (χ4v) is 6.46. The summed E-state index contributed by atoms with van der Waals surface area (Å²) in [6, 6.07) is 5.07. The minimum absolute atomic E-state index is 0.0910. The smallest absolute Gasteiger partial charge is 0.352 e. The van der Waals surface area contributed by atoms with Gasteiger partial charge < -0.3 is 15.7 Å². The number of allylic oxidation sites excluding steroid dienone is 1. The maximum Gasteiger partial charge on any atom is 0.352 e. The summed E-state index contributed by atoms with van der Waals surface area (Å²) < 4.78 is 1.47. The van der Waals surface area contributed by atoms with Gasteiger partial charge in [0.1, 0.15) is 17.1 Å². The van der Waals surface area contributed by atoms with Crippen LogP contribution in [0.2, 0.25) is 0 Å². The third kappa shape index (κ3) is 6.59. The number of tetrazole rings is 1. The molecule has 5 amide bonds. The summed E-state index contributed by atoms with van der Waals surface area (Å²) in [5, 5.41) is 26.4. The number of likely N-dealkylation sites (N-methyl/N-ethyl adjacent to an activating group) is 1. The van der Waals surface area contributed by atoms with Crippen LogP contribution in [0.1, 0.15) is 19.4 Å². The number of aliphatic carboxylic acids is 1. The Labute approximate surface area is 243 Å². The van der Waals surface area contributed by atoms with Gasteiger partial charge in [0.2, 0.25) is 11.1 Å². The number of carbonyl (C=O) groups excluding carboxylic acids is 4. The van der Waals surface area contributed by atoms with Crippen molar-refractivity contribution in [3.8, 4) is 0 Å². The molecule has 3 heterocycles. The summed E-state index contributed by atoms with van der Waals surface area (Å²) in [5.41, 5.74) is 2.03. The van der Waals surface area contributed by atoms with Crippen molar-refractivity contribution in [3.05, 3.63) is 52.7 Å². The van der Waals surface area contributed by atoms with Gasteiger partial charge in [0.15, 0.2) is 0 Å². The highest BCUT2D eigenvalue weighted by Crippen LogP contribution is 2.41. The molecule has 0 aliphatic carbocycles. The van der Waals surface area contributed by atoms with Crippen LogP contribution in [-0.2, 0) is 32.6 Å². The number of thioether (sulfide) groups is 2. The van der Waals surface area contributed by atoms with Crippen molar-refractivity contribution in [2.24, 2.45) is 7.05 Å². The van der Waals surface area contributed by atoms with Crippen LogP contribution >= 0.6 is 23.5 Å². The Bertz CT molecular complexity index is 1470. The molecule has 0 saturated carbocycles. The zero-order chi connectivity index (χ0) is 29.8. The predicted octanol–water partition coefficient (Wildman–Crippen LogP) is 1.24. The van der Waals surface area contributed by atoms with E-state index in [4.69, 9.17) is 0 Å². The zero-order valence-corrected chi connectivity index (χ0v) is 24.3. The third-order valence-corrected chi connectivity index (χ3v) is 8.62. The first-order chi connectivity index (χ1) is 19.5. The standard InChI is InChI=1S/C25H28N8O6S2/c1-13(2)9-18(35)31(3)24(39)26-16-8-6-5-7-14(16)10-17(34)27-19-21(36)33-20(23(37)38)15(11-40-22(19)33)12-41-25-28-29-30-32(25)4/h5-9,19,22H,10-12H2,1-4H3,(H,26,39)(H,27,34)(H,37,38)/t19?,22-/m1/s1. The molecule has 3 N–H and O–H groups in total. The number of carboxylic acid groups (broad SMARTS) is 1. The van der Waals surface area contributed by atoms with Crippen LogP contribution in [0.5, 0.6) is 0 Å². The molecule has 1 aromatic heterocycles. The van der Waals surface area contributed by atoms with Crippen LogP contribution in [-0.4, -0.2) is 94.8 Å². The second kappa shape index (κ2) is 12.6. The van der Waals surface area contributed by atoms with Gasteiger partial charge in [0.25, 0.3) is 11.8 Å². The maximum absolute atomic E-state index is 13.0. The molecule has 2 aliphatic rings. The van der Waals surface area contributed by atoms with Crippen LogP contribution in [0.15, 0.2) is 52.3 Å². The highest BCUT2D eigenvalue weighted by molar-refractivity contribution is 8.01. The molecule has 0 radical (unpaired) electrons. The summed E-state index contributed by atoms with van der Waals surface area (Å²) in [5.74, 6) is -2.06. The van der Waals surface area contributed by atoms with Crippen LogP contribution < -0.4 is 10.6 Å². The largest absolute Gasteiger partial charge is 0.477 e. The molecule has 14 nitrogen and oxygen atoms in total. The summed E-state index contributed by atoms with van der Waals surface area (Å²) in [6.45, 7) is 3.48. The van der Waals surface area contributed by atoms with E-state index >= 15 is 0 Å². The predicted molar refractivity (Wildman–Crippen MR) is 151 cm³/mol. The van der Waals surface area contributed by atoms with Gasteiger partial charge in [-0.3, -0.25) is 24.2 Å². The molecule has 4 rings (SSSR count). The van der Waals surface area contributed by atoms with Gasteiger partial charge in [-0.05, 0) is 41.5 Å². The average Bonchev–Trinajstić information content (AvgIpc) is 3.34. The molecular formula is C25H28N8O6S2. The topological polar surface area (TPSA) is 180 Å². The van der Waals surface area contributed by atoms with Gasteiger partial charge in [0.05, 0.1) is 6.42 Å². The van der Waals surface area contributed by atoms with Crippen LogP contribution in [0.25, 0.3) is 0 Å². The quantitative estimate of drug-likeness (QED) is 0.214. The number of imide groups is 1. The molecule has 1 aromatic carbocycles. The lowest BCUT2D eigenvalue weighted by molar-refractivity contribution is -0.150. The van der Waals surface area contributed by atoms with Crippen molar-refractivity contribution in [1.82, 2.24) is 35.3 Å². The van der Waals surface area contributed by atoms with Crippen molar-refractivity contribution < 1.29 is 29.1 Å². The van der Waals surface area contributed by atoms with E-state index in [0.29, 0.717) is 27.7 Å². The van der Waals surface area contributed by atoms with Gasteiger partial charge in [-0.25, -0.2) is 14.3 Å². The average molecular weight is 601 g/mol. The second-order valence-corrected chi connectivity index (χ2v) is 11.5. The molecule has 0 spiro atoms. The van der Waals surface area contributed by atoms with E-state index in [1.54, 1.807) is 45.2 Å². The normalized spacial score (nSPS) is 17.8. The van der Waals surface area contributed by atoms with E-state index in [1.165, 1.54) is 46.2 Å². The number of fused-ring (bicyclic) bond motifs is 1.